The molecule has 0 saturated carbocycles. The van der Waals surface area contributed by atoms with Gasteiger partial charge in [-0.05, 0) is 6.07 Å². The second-order valence-electron chi connectivity index (χ2n) is 4.11. The maximum absolute atomic E-state index is 5.69. The van der Waals surface area contributed by atoms with Gasteiger partial charge in [-0.1, -0.05) is 0 Å². The van der Waals surface area contributed by atoms with E-state index in [1.807, 2.05) is 0 Å². The lowest BCUT2D eigenvalue weighted by atomic mass is 10.1. The average molecular weight is 269 g/mol. The van der Waals surface area contributed by atoms with Crippen molar-refractivity contribution in [2.45, 2.75) is 12.4 Å². The van der Waals surface area contributed by atoms with Gasteiger partial charge in [-0.25, -0.2) is 0 Å². The Hall–Kier alpha value is -1.50. The molecule has 1 saturated heterocycles. The van der Waals surface area contributed by atoms with E-state index < -0.39 is 6.29 Å². The van der Waals surface area contributed by atoms with Crippen LogP contribution in [0.2, 0.25) is 0 Å². The predicted molar refractivity (Wildman–Crippen MR) is 68.7 cm³/mol. The highest BCUT2D eigenvalue weighted by atomic mass is 16.7. The first-order valence-electron chi connectivity index (χ1n) is 6.00. The average Bonchev–Trinajstić information content (AvgIpc) is 2.94. The molecule has 19 heavy (non-hydrogen) atoms. The van der Waals surface area contributed by atoms with Crippen molar-refractivity contribution < 1.29 is 23.7 Å². The third-order valence-electron chi connectivity index (χ3n) is 3.00. The zero-order valence-electron chi connectivity index (χ0n) is 11.3. The summed E-state index contributed by atoms with van der Waals surface area (Å²) in [7, 11) is 4.73. The summed E-state index contributed by atoms with van der Waals surface area (Å²) < 4.78 is 27.1. The minimum atomic E-state index is -0.497. The first-order chi connectivity index (χ1) is 9.23. The second kappa shape index (κ2) is 6.10. The van der Waals surface area contributed by atoms with Crippen molar-refractivity contribution in [2.75, 3.05) is 34.5 Å². The van der Waals surface area contributed by atoms with E-state index in [1.165, 1.54) is 0 Å². The van der Waals surface area contributed by atoms with E-state index in [-0.39, 0.29) is 6.10 Å². The molecule has 0 spiro atoms. The lowest BCUT2D eigenvalue weighted by Gasteiger charge is -2.17. The third kappa shape index (κ3) is 2.75. The highest BCUT2D eigenvalue weighted by Crippen LogP contribution is 2.40. The summed E-state index contributed by atoms with van der Waals surface area (Å²) in [5, 5.41) is 0. The van der Waals surface area contributed by atoms with Crippen LogP contribution in [-0.4, -0.2) is 40.6 Å². The molecule has 106 valence electrons. The molecule has 1 aromatic carbocycles. The minimum absolute atomic E-state index is 0.0946. The molecule has 2 atom stereocenters. The van der Waals surface area contributed by atoms with Crippen LogP contribution < -0.4 is 19.9 Å². The summed E-state index contributed by atoms with van der Waals surface area (Å²) in [5.41, 5.74) is 6.33. The molecule has 0 aliphatic carbocycles. The van der Waals surface area contributed by atoms with Gasteiger partial charge < -0.3 is 29.4 Å². The minimum Gasteiger partial charge on any atom is -0.496 e. The second-order valence-corrected chi connectivity index (χ2v) is 4.11. The topological polar surface area (TPSA) is 72.2 Å². The molecule has 1 aliphatic rings. The molecule has 1 aromatic rings. The van der Waals surface area contributed by atoms with Crippen molar-refractivity contribution in [1.29, 1.82) is 0 Å². The van der Waals surface area contributed by atoms with E-state index in [1.54, 1.807) is 33.5 Å². The molecule has 2 N–H and O–H groups in total. The Bertz CT molecular complexity index is 437. The van der Waals surface area contributed by atoms with Crippen LogP contribution in [0.15, 0.2) is 12.1 Å². The van der Waals surface area contributed by atoms with Crippen LogP contribution in [0.5, 0.6) is 17.2 Å². The fourth-order valence-electron chi connectivity index (χ4n) is 1.97. The van der Waals surface area contributed by atoms with Crippen molar-refractivity contribution in [1.82, 2.24) is 0 Å². The quantitative estimate of drug-likeness (QED) is 0.862. The molecule has 2 rings (SSSR count). The van der Waals surface area contributed by atoms with Crippen molar-refractivity contribution in [3.63, 3.8) is 0 Å². The fraction of sp³-hybridized carbons (Fsp3) is 0.538. The zero-order valence-corrected chi connectivity index (χ0v) is 11.3. The number of methoxy groups -OCH3 is 3. The molecule has 0 amide bonds. The number of hydrogen-bond donors (Lipinski definition) is 1. The van der Waals surface area contributed by atoms with Gasteiger partial charge >= 0.3 is 0 Å². The number of rotatable bonds is 5. The lowest BCUT2D eigenvalue weighted by molar-refractivity contribution is -0.0599. The molecule has 1 heterocycles. The van der Waals surface area contributed by atoms with E-state index in [4.69, 9.17) is 29.4 Å². The Kier molecular flexibility index (Phi) is 4.47. The molecule has 6 nitrogen and oxygen atoms in total. The Morgan fingerprint density at radius 3 is 2.26 bits per heavy atom. The van der Waals surface area contributed by atoms with E-state index in [0.717, 1.165) is 5.56 Å². The van der Waals surface area contributed by atoms with Crippen LogP contribution in [0.25, 0.3) is 0 Å². The lowest BCUT2D eigenvalue weighted by Crippen LogP contribution is -2.21. The van der Waals surface area contributed by atoms with Gasteiger partial charge in [0.1, 0.15) is 5.75 Å². The number of hydrogen-bond acceptors (Lipinski definition) is 6. The highest BCUT2D eigenvalue weighted by molar-refractivity contribution is 5.51. The van der Waals surface area contributed by atoms with E-state index in [9.17, 15) is 0 Å². The van der Waals surface area contributed by atoms with Gasteiger partial charge in [-0.15, -0.1) is 0 Å². The molecule has 6 heteroatoms. The summed E-state index contributed by atoms with van der Waals surface area (Å²) in [6.07, 6.45) is -0.592. The van der Waals surface area contributed by atoms with Gasteiger partial charge in [0.25, 0.3) is 0 Å². The van der Waals surface area contributed by atoms with Crippen LogP contribution in [-0.2, 0) is 9.47 Å². The number of benzene rings is 1. The zero-order chi connectivity index (χ0) is 13.8. The standard InChI is InChI=1S/C13H19NO5/c1-15-10-5-12(17-3)11(16-2)4-9(10)13-18-7-8(6-14)19-13/h4-5,8,13H,6-7,14H2,1-3H3. The molecule has 0 radical (unpaired) electrons. The fourth-order valence-corrected chi connectivity index (χ4v) is 1.97. The first-order valence-corrected chi connectivity index (χ1v) is 6.00. The van der Waals surface area contributed by atoms with Gasteiger partial charge in [0.2, 0.25) is 0 Å². The molecule has 1 aliphatic heterocycles. The maximum Gasteiger partial charge on any atom is 0.188 e. The van der Waals surface area contributed by atoms with Crippen LogP contribution in [0.3, 0.4) is 0 Å². The van der Waals surface area contributed by atoms with Crippen molar-refractivity contribution in [3.05, 3.63) is 17.7 Å². The largest absolute Gasteiger partial charge is 0.496 e. The van der Waals surface area contributed by atoms with Crippen LogP contribution in [0, 0.1) is 0 Å². The smallest absolute Gasteiger partial charge is 0.188 e. The van der Waals surface area contributed by atoms with Crippen molar-refractivity contribution >= 4 is 0 Å². The highest BCUT2D eigenvalue weighted by Gasteiger charge is 2.29. The van der Waals surface area contributed by atoms with Crippen LogP contribution >= 0.6 is 0 Å². The van der Waals surface area contributed by atoms with E-state index >= 15 is 0 Å². The van der Waals surface area contributed by atoms with Crippen LogP contribution in [0.4, 0.5) is 0 Å². The Labute approximate surface area is 112 Å². The molecular weight excluding hydrogens is 250 g/mol. The van der Waals surface area contributed by atoms with Gasteiger partial charge in [0.05, 0.1) is 39.6 Å². The van der Waals surface area contributed by atoms with Gasteiger partial charge in [-0.2, -0.15) is 0 Å². The summed E-state index contributed by atoms with van der Waals surface area (Å²) in [5.74, 6) is 1.82. The summed E-state index contributed by atoms with van der Waals surface area (Å²) in [4.78, 5) is 0. The maximum atomic E-state index is 5.69. The number of nitrogens with two attached hydrogens (primary N) is 1. The molecule has 0 bridgehead atoms. The number of ether oxygens (including phenoxy) is 5. The SMILES string of the molecule is COc1cc(OC)c(C2OCC(CN)O2)cc1OC. The Morgan fingerprint density at radius 1 is 1.11 bits per heavy atom. The van der Waals surface area contributed by atoms with Crippen molar-refractivity contribution in [3.8, 4) is 17.2 Å². The van der Waals surface area contributed by atoms with Gasteiger partial charge in [-0.3, -0.25) is 0 Å². The van der Waals surface area contributed by atoms with Gasteiger partial charge in [0.15, 0.2) is 17.8 Å². The summed E-state index contributed by atoms with van der Waals surface area (Å²) in [6.45, 7) is 0.894. The van der Waals surface area contributed by atoms with E-state index in [0.29, 0.717) is 30.4 Å². The Morgan fingerprint density at radius 2 is 1.74 bits per heavy atom. The monoisotopic (exact) mass is 269 g/mol. The van der Waals surface area contributed by atoms with E-state index in [2.05, 4.69) is 0 Å². The summed E-state index contributed by atoms with van der Waals surface area (Å²) >= 11 is 0. The summed E-state index contributed by atoms with van der Waals surface area (Å²) in [6, 6.07) is 3.54. The van der Waals surface area contributed by atoms with Crippen molar-refractivity contribution in [2.24, 2.45) is 5.73 Å². The van der Waals surface area contributed by atoms with Crippen LogP contribution in [0.1, 0.15) is 11.9 Å². The third-order valence-corrected chi connectivity index (χ3v) is 3.00. The Balaban J connectivity index is 2.33. The predicted octanol–water partition coefficient (Wildman–Crippen LogP) is 1.09. The van der Waals surface area contributed by atoms with Gasteiger partial charge in [0, 0.05) is 12.6 Å². The first kappa shape index (κ1) is 13.9. The molecule has 0 aromatic heterocycles. The molecular formula is C13H19NO5. The normalized spacial score (nSPS) is 22.3. The molecule has 2 unspecified atom stereocenters. The molecule has 1 fully saturated rings.